The highest BCUT2D eigenvalue weighted by molar-refractivity contribution is 7.89. The van der Waals surface area contributed by atoms with Crippen LogP contribution in [-0.4, -0.2) is 37.1 Å². The predicted octanol–water partition coefficient (Wildman–Crippen LogP) is 4.25. The van der Waals surface area contributed by atoms with Gasteiger partial charge in [-0.1, -0.05) is 30.3 Å². The summed E-state index contributed by atoms with van der Waals surface area (Å²) in [6, 6.07) is 16.7. The lowest BCUT2D eigenvalue weighted by atomic mass is 10.1. The van der Waals surface area contributed by atoms with Crippen LogP contribution < -0.4 is 0 Å². The van der Waals surface area contributed by atoms with Crippen LogP contribution in [0.15, 0.2) is 64.9 Å². The summed E-state index contributed by atoms with van der Waals surface area (Å²) in [4.78, 5) is 16.4. The molecule has 0 radical (unpaired) electrons. The van der Waals surface area contributed by atoms with Crippen molar-refractivity contribution in [1.82, 2.24) is 9.21 Å². The minimum absolute atomic E-state index is 0.0167. The molecule has 2 aromatic carbocycles. The van der Waals surface area contributed by atoms with Crippen LogP contribution in [0.4, 0.5) is 0 Å². The Hall–Kier alpha value is -2.48. The maximum atomic E-state index is 13.3. The first-order chi connectivity index (χ1) is 14.9. The monoisotopic (exact) mass is 452 g/mol. The van der Waals surface area contributed by atoms with Gasteiger partial charge in [0.1, 0.15) is 0 Å². The second-order valence-corrected chi connectivity index (χ2v) is 11.1. The third-order valence-electron chi connectivity index (χ3n) is 6.38. The quantitative estimate of drug-likeness (QED) is 0.595. The molecule has 31 heavy (non-hydrogen) atoms. The molecule has 0 fully saturated rings. The third-order valence-corrected chi connectivity index (χ3v) is 9.24. The maximum Gasteiger partial charge on any atom is 0.254 e. The molecule has 5 nitrogen and oxygen atoms in total. The normalized spacial score (nSPS) is 18.4. The van der Waals surface area contributed by atoms with E-state index < -0.39 is 10.0 Å². The number of thiophene rings is 1. The van der Waals surface area contributed by atoms with E-state index in [1.165, 1.54) is 26.4 Å². The highest BCUT2D eigenvalue weighted by Gasteiger charge is 2.31. The molecule has 1 atom stereocenters. The Kier molecular flexibility index (Phi) is 5.20. The van der Waals surface area contributed by atoms with Gasteiger partial charge >= 0.3 is 0 Å². The summed E-state index contributed by atoms with van der Waals surface area (Å²) >= 11 is 1.68. The van der Waals surface area contributed by atoms with Crippen LogP contribution in [0.2, 0.25) is 0 Å². The minimum Gasteiger partial charge on any atom is -0.335 e. The fourth-order valence-electron chi connectivity index (χ4n) is 4.65. The Bertz CT molecular complexity index is 1250. The second kappa shape index (κ2) is 7.89. The average molecular weight is 453 g/mol. The SMILES string of the molecule is CN(C(=O)c1cccc(S(=O)(=O)N2CCc3sccc3C2)c1)C1CCc2ccccc21. The van der Waals surface area contributed by atoms with Crippen LogP contribution in [0.5, 0.6) is 0 Å². The Labute approximate surface area is 187 Å². The van der Waals surface area contributed by atoms with E-state index in [9.17, 15) is 13.2 Å². The molecule has 7 heteroatoms. The van der Waals surface area contributed by atoms with Crippen molar-refractivity contribution in [3.8, 4) is 0 Å². The van der Waals surface area contributed by atoms with Gasteiger partial charge in [-0.3, -0.25) is 4.79 Å². The molecule has 160 valence electrons. The van der Waals surface area contributed by atoms with Crippen molar-refractivity contribution in [3.05, 3.63) is 87.1 Å². The lowest BCUT2D eigenvalue weighted by Crippen LogP contribution is -2.35. The first-order valence-corrected chi connectivity index (χ1v) is 12.8. The number of amides is 1. The van der Waals surface area contributed by atoms with Crippen LogP contribution in [0.3, 0.4) is 0 Å². The number of aryl methyl sites for hydroxylation is 1. The van der Waals surface area contributed by atoms with Gasteiger partial charge in [-0.15, -0.1) is 11.3 Å². The van der Waals surface area contributed by atoms with Crippen molar-refractivity contribution in [2.75, 3.05) is 13.6 Å². The van der Waals surface area contributed by atoms with Gasteiger partial charge < -0.3 is 4.90 Å². The van der Waals surface area contributed by atoms with Gasteiger partial charge in [-0.2, -0.15) is 4.31 Å². The molecule has 0 bridgehead atoms. The fraction of sp³-hybridized carbons (Fsp3) is 0.292. The van der Waals surface area contributed by atoms with Crippen molar-refractivity contribution < 1.29 is 13.2 Å². The van der Waals surface area contributed by atoms with Crippen molar-refractivity contribution >= 4 is 27.3 Å². The zero-order chi connectivity index (χ0) is 21.6. The summed E-state index contributed by atoms with van der Waals surface area (Å²) in [5.74, 6) is -0.155. The van der Waals surface area contributed by atoms with E-state index in [-0.39, 0.29) is 16.8 Å². The molecule has 0 spiro atoms. The van der Waals surface area contributed by atoms with Gasteiger partial charge in [0.15, 0.2) is 0 Å². The van der Waals surface area contributed by atoms with E-state index in [0.717, 1.165) is 24.8 Å². The lowest BCUT2D eigenvalue weighted by molar-refractivity contribution is 0.0730. The minimum atomic E-state index is -3.66. The number of hydrogen-bond acceptors (Lipinski definition) is 4. The molecule has 0 saturated heterocycles. The molecule has 1 aliphatic carbocycles. The van der Waals surface area contributed by atoms with E-state index in [2.05, 4.69) is 12.1 Å². The largest absolute Gasteiger partial charge is 0.335 e. The molecule has 2 heterocycles. The third kappa shape index (κ3) is 3.60. The van der Waals surface area contributed by atoms with Crippen LogP contribution in [0.25, 0.3) is 0 Å². The molecule has 0 N–H and O–H groups in total. The fourth-order valence-corrected chi connectivity index (χ4v) is 7.00. The zero-order valence-electron chi connectivity index (χ0n) is 17.3. The number of fused-ring (bicyclic) bond motifs is 2. The zero-order valence-corrected chi connectivity index (χ0v) is 19.0. The molecule has 2 aliphatic rings. The molecule has 3 aromatic rings. The first-order valence-electron chi connectivity index (χ1n) is 10.5. The Morgan fingerprint density at radius 2 is 1.90 bits per heavy atom. The summed E-state index contributed by atoms with van der Waals surface area (Å²) in [6.45, 7) is 0.852. The van der Waals surface area contributed by atoms with Crippen molar-refractivity contribution in [2.45, 2.75) is 36.7 Å². The average Bonchev–Trinajstić information content (AvgIpc) is 3.44. The van der Waals surface area contributed by atoms with E-state index in [1.807, 2.05) is 23.6 Å². The van der Waals surface area contributed by atoms with Crippen LogP contribution in [0.1, 0.15) is 44.4 Å². The number of nitrogens with zero attached hydrogens (tertiary/aromatic N) is 2. The first kappa shape index (κ1) is 20.4. The Morgan fingerprint density at radius 3 is 2.77 bits per heavy atom. The van der Waals surface area contributed by atoms with Crippen molar-refractivity contribution in [3.63, 3.8) is 0 Å². The maximum absolute atomic E-state index is 13.3. The van der Waals surface area contributed by atoms with Crippen LogP contribution >= 0.6 is 11.3 Å². The van der Waals surface area contributed by atoms with Crippen LogP contribution in [0, 0.1) is 0 Å². The molecule has 5 rings (SSSR count). The van der Waals surface area contributed by atoms with Crippen LogP contribution in [-0.2, 0) is 29.4 Å². The number of hydrogen-bond donors (Lipinski definition) is 0. The number of carbonyl (C=O) groups excluding carboxylic acids is 1. The summed E-state index contributed by atoms with van der Waals surface area (Å²) in [7, 11) is -1.86. The van der Waals surface area contributed by atoms with E-state index in [0.29, 0.717) is 18.7 Å². The van der Waals surface area contributed by atoms with Gasteiger partial charge in [0, 0.05) is 30.6 Å². The molecular weight excluding hydrogens is 428 g/mol. The molecule has 1 aromatic heterocycles. The summed E-state index contributed by atoms with van der Waals surface area (Å²) in [6.07, 6.45) is 2.57. The summed E-state index contributed by atoms with van der Waals surface area (Å²) in [5.41, 5.74) is 3.94. The lowest BCUT2D eigenvalue weighted by Gasteiger charge is -2.27. The smallest absolute Gasteiger partial charge is 0.254 e. The molecule has 1 amide bonds. The number of sulfonamides is 1. The van der Waals surface area contributed by atoms with Gasteiger partial charge in [0.25, 0.3) is 5.91 Å². The topological polar surface area (TPSA) is 57.7 Å². The van der Waals surface area contributed by atoms with Gasteiger partial charge in [0.2, 0.25) is 10.0 Å². The standard InChI is InChI=1S/C24H24N2O3S2/c1-25(22-10-9-17-5-2-3-8-21(17)22)24(27)18-6-4-7-20(15-18)31(28,29)26-13-11-23-19(16-26)12-14-30-23/h2-8,12,14-15,22H,9-11,13,16H2,1H3. The number of rotatable bonds is 4. The van der Waals surface area contributed by atoms with E-state index in [4.69, 9.17) is 0 Å². The van der Waals surface area contributed by atoms with Gasteiger partial charge in [-0.05, 0) is 65.6 Å². The van der Waals surface area contributed by atoms with Crippen molar-refractivity contribution in [2.24, 2.45) is 0 Å². The number of carbonyl (C=O) groups is 1. The highest BCUT2D eigenvalue weighted by Crippen LogP contribution is 2.35. The molecule has 1 unspecified atom stereocenters. The summed E-state index contributed by atoms with van der Waals surface area (Å²) < 4.78 is 28.1. The Morgan fingerprint density at radius 1 is 1.06 bits per heavy atom. The molecule has 1 aliphatic heterocycles. The van der Waals surface area contributed by atoms with Crippen molar-refractivity contribution in [1.29, 1.82) is 0 Å². The van der Waals surface area contributed by atoms with Gasteiger partial charge in [0.05, 0.1) is 10.9 Å². The molecule has 0 saturated carbocycles. The summed E-state index contributed by atoms with van der Waals surface area (Å²) in [5, 5.41) is 2.01. The highest BCUT2D eigenvalue weighted by atomic mass is 32.2. The predicted molar refractivity (Wildman–Crippen MR) is 122 cm³/mol. The Balaban J connectivity index is 1.39. The second-order valence-electron chi connectivity index (χ2n) is 8.15. The van der Waals surface area contributed by atoms with E-state index >= 15 is 0 Å². The number of benzene rings is 2. The van der Waals surface area contributed by atoms with E-state index in [1.54, 1.807) is 41.5 Å². The van der Waals surface area contributed by atoms with Gasteiger partial charge in [-0.25, -0.2) is 8.42 Å². The molecular formula is C24H24N2O3S2.